The molecule has 10 aromatic rings. The molecule has 2 heterocycles. The van der Waals surface area contributed by atoms with Gasteiger partial charge in [-0.25, -0.2) is 9.98 Å². The molecule has 0 fully saturated rings. The summed E-state index contributed by atoms with van der Waals surface area (Å²) in [4.78, 5) is 10.6. The van der Waals surface area contributed by atoms with Crippen LogP contribution in [-0.2, 0) is 0 Å². The molecule has 0 aliphatic carbocycles. The van der Waals surface area contributed by atoms with Crippen molar-refractivity contribution in [2.24, 2.45) is 9.98 Å². The van der Waals surface area contributed by atoms with Crippen molar-refractivity contribution in [2.45, 2.75) is 6.17 Å². The molecule has 4 heteroatoms. The van der Waals surface area contributed by atoms with Gasteiger partial charge in [0.05, 0.1) is 5.56 Å². The predicted octanol–water partition coefficient (Wildman–Crippen LogP) is 12.4. The summed E-state index contributed by atoms with van der Waals surface area (Å²) in [6, 6.07) is 62.3. The number of benzene rings is 9. The third-order valence-electron chi connectivity index (χ3n) is 10.7. The summed E-state index contributed by atoms with van der Waals surface area (Å²) in [6.45, 7) is 0. The van der Waals surface area contributed by atoms with E-state index in [-0.39, 0.29) is 6.17 Å². The number of rotatable bonds is 4. The average Bonchev–Trinajstić information content (AvgIpc) is 3.62. The number of furan rings is 1. The second-order valence-corrected chi connectivity index (χ2v) is 13.8. The summed E-state index contributed by atoms with van der Waals surface area (Å²) in [5, 5.41) is 15.4. The van der Waals surface area contributed by atoms with Crippen LogP contribution in [0.15, 0.2) is 190 Å². The van der Waals surface area contributed by atoms with Gasteiger partial charge in [-0.3, -0.25) is 0 Å². The summed E-state index contributed by atoms with van der Waals surface area (Å²) in [5.41, 5.74) is 6.83. The molecule has 0 saturated carbocycles. The van der Waals surface area contributed by atoms with Gasteiger partial charge < -0.3 is 9.73 Å². The molecule has 53 heavy (non-hydrogen) atoms. The first-order chi connectivity index (χ1) is 26.2. The van der Waals surface area contributed by atoms with Gasteiger partial charge in [0, 0.05) is 16.3 Å². The van der Waals surface area contributed by atoms with Crippen LogP contribution in [0.4, 0.5) is 0 Å². The molecule has 1 unspecified atom stereocenters. The molecule has 1 aromatic heterocycles. The number of nitrogens with zero attached hydrogens (tertiary/aromatic N) is 2. The first-order valence-electron chi connectivity index (χ1n) is 18.0. The SMILES string of the molecule is c1ccc2cc(C3=NC(c4ccc(-c5cc6ccccc6c6ccccc56)c5c4oc4ccccc45)=NC(c4ccc5ccccc5c4)N3)ccc2c1. The van der Waals surface area contributed by atoms with Crippen molar-refractivity contribution in [3.63, 3.8) is 0 Å². The van der Waals surface area contributed by atoms with E-state index in [4.69, 9.17) is 14.4 Å². The van der Waals surface area contributed by atoms with Gasteiger partial charge in [-0.15, -0.1) is 0 Å². The third kappa shape index (κ3) is 4.84. The van der Waals surface area contributed by atoms with Crippen molar-refractivity contribution in [3.8, 4) is 11.1 Å². The van der Waals surface area contributed by atoms with Crippen LogP contribution < -0.4 is 5.32 Å². The average molecular weight is 678 g/mol. The second kappa shape index (κ2) is 11.8. The maximum absolute atomic E-state index is 6.83. The Morgan fingerprint density at radius 1 is 0.453 bits per heavy atom. The highest BCUT2D eigenvalue weighted by Crippen LogP contribution is 2.43. The molecule has 0 bridgehead atoms. The molecule has 11 rings (SSSR count). The zero-order valence-corrected chi connectivity index (χ0v) is 28.6. The topological polar surface area (TPSA) is 49.9 Å². The molecule has 0 spiro atoms. The van der Waals surface area contributed by atoms with Crippen LogP contribution in [0.5, 0.6) is 0 Å². The molecular weight excluding hydrogens is 647 g/mol. The van der Waals surface area contributed by atoms with Gasteiger partial charge in [-0.1, -0.05) is 146 Å². The lowest BCUT2D eigenvalue weighted by Crippen LogP contribution is -2.33. The number of para-hydroxylation sites is 1. The smallest absolute Gasteiger partial charge is 0.163 e. The van der Waals surface area contributed by atoms with Gasteiger partial charge in [-0.05, 0) is 90.1 Å². The van der Waals surface area contributed by atoms with E-state index in [0.717, 1.165) is 55.4 Å². The monoisotopic (exact) mass is 677 g/mol. The van der Waals surface area contributed by atoms with E-state index in [1.165, 1.54) is 43.3 Å². The van der Waals surface area contributed by atoms with Crippen LogP contribution >= 0.6 is 0 Å². The van der Waals surface area contributed by atoms with Crippen molar-refractivity contribution < 1.29 is 4.42 Å². The van der Waals surface area contributed by atoms with Gasteiger partial charge in [0.2, 0.25) is 0 Å². The predicted molar refractivity (Wildman–Crippen MR) is 221 cm³/mol. The lowest BCUT2D eigenvalue weighted by Gasteiger charge is -2.24. The van der Waals surface area contributed by atoms with E-state index < -0.39 is 0 Å². The number of aliphatic imine (C=N–C) groups is 2. The fourth-order valence-corrected chi connectivity index (χ4v) is 8.11. The van der Waals surface area contributed by atoms with Gasteiger partial charge >= 0.3 is 0 Å². The highest BCUT2D eigenvalue weighted by atomic mass is 16.3. The van der Waals surface area contributed by atoms with Crippen LogP contribution in [0.2, 0.25) is 0 Å². The Morgan fingerprint density at radius 2 is 1.08 bits per heavy atom. The highest BCUT2D eigenvalue weighted by Gasteiger charge is 2.26. The minimum absolute atomic E-state index is 0.364. The summed E-state index contributed by atoms with van der Waals surface area (Å²) < 4.78 is 6.83. The van der Waals surface area contributed by atoms with E-state index in [1.54, 1.807) is 0 Å². The number of nitrogens with one attached hydrogen (secondary N) is 1. The summed E-state index contributed by atoms with van der Waals surface area (Å²) in [7, 11) is 0. The van der Waals surface area contributed by atoms with Crippen molar-refractivity contribution in [1.82, 2.24) is 5.32 Å². The van der Waals surface area contributed by atoms with Gasteiger partial charge in [0.1, 0.15) is 23.2 Å². The van der Waals surface area contributed by atoms with Crippen molar-refractivity contribution in [1.29, 1.82) is 0 Å². The summed E-state index contributed by atoms with van der Waals surface area (Å²) in [6.07, 6.45) is -0.364. The zero-order valence-electron chi connectivity index (χ0n) is 28.6. The molecule has 1 aliphatic heterocycles. The molecule has 0 radical (unpaired) electrons. The molecule has 4 nitrogen and oxygen atoms in total. The lowest BCUT2D eigenvalue weighted by atomic mass is 9.90. The fourth-order valence-electron chi connectivity index (χ4n) is 8.11. The highest BCUT2D eigenvalue weighted by molar-refractivity contribution is 6.24. The molecule has 0 amide bonds. The maximum Gasteiger partial charge on any atom is 0.163 e. The van der Waals surface area contributed by atoms with Crippen LogP contribution in [0.25, 0.3) is 76.2 Å². The van der Waals surface area contributed by atoms with Gasteiger partial charge in [0.15, 0.2) is 5.84 Å². The second-order valence-electron chi connectivity index (χ2n) is 13.8. The molecule has 1 atom stereocenters. The van der Waals surface area contributed by atoms with E-state index in [0.29, 0.717) is 5.84 Å². The van der Waals surface area contributed by atoms with Gasteiger partial charge in [-0.2, -0.15) is 0 Å². The molecular formula is C49H31N3O. The molecule has 1 aliphatic rings. The molecule has 9 aromatic carbocycles. The van der Waals surface area contributed by atoms with E-state index in [9.17, 15) is 0 Å². The zero-order chi connectivity index (χ0) is 34.9. The number of fused-ring (bicyclic) bond motifs is 8. The minimum atomic E-state index is -0.364. The van der Waals surface area contributed by atoms with E-state index in [2.05, 4.69) is 169 Å². The Hall–Kier alpha value is -7.04. The standard InChI is InChI=1S/C49H31N3O/c1-3-13-32-27-35(23-21-30(32)11-1)47-50-48(36-24-22-31-12-2-4-14-33(31)28-36)52-49(51-47)42-26-25-40(45-41-19-9-10-20-44(41)53-46(42)45)43-29-34-15-5-6-16-37(34)38-17-7-8-18-39(38)43/h1-29,47H,(H,50,51,52). The van der Waals surface area contributed by atoms with E-state index in [1.807, 2.05) is 12.1 Å². The third-order valence-corrected chi connectivity index (χ3v) is 10.7. The Balaban J connectivity index is 1.16. The Labute approximate surface area is 305 Å². The normalized spacial score (nSPS) is 14.6. The summed E-state index contributed by atoms with van der Waals surface area (Å²) in [5.74, 6) is 1.40. The van der Waals surface area contributed by atoms with Crippen LogP contribution in [0.1, 0.15) is 22.9 Å². The van der Waals surface area contributed by atoms with Crippen molar-refractivity contribution >= 4 is 76.7 Å². The first-order valence-corrected chi connectivity index (χ1v) is 18.0. The lowest BCUT2D eigenvalue weighted by molar-refractivity contribution is 0.663. The maximum atomic E-state index is 6.83. The van der Waals surface area contributed by atoms with Crippen molar-refractivity contribution in [2.75, 3.05) is 0 Å². The largest absolute Gasteiger partial charge is 0.455 e. The summed E-state index contributed by atoms with van der Waals surface area (Å²) >= 11 is 0. The van der Waals surface area contributed by atoms with E-state index >= 15 is 0 Å². The van der Waals surface area contributed by atoms with Crippen molar-refractivity contribution in [3.05, 3.63) is 193 Å². The Kier molecular flexibility index (Phi) is 6.58. The number of hydrogen-bond donors (Lipinski definition) is 1. The molecule has 0 saturated heterocycles. The Bertz CT molecular complexity index is 3170. The van der Waals surface area contributed by atoms with Crippen LogP contribution in [-0.4, -0.2) is 11.7 Å². The molecule has 248 valence electrons. The quantitative estimate of drug-likeness (QED) is 0.189. The Morgan fingerprint density at radius 3 is 1.89 bits per heavy atom. The number of hydrogen-bond acceptors (Lipinski definition) is 4. The fraction of sp³-hybridized carbons (Fsp3) is 0.0204. The number of amidine groups is 2. The first kappa shape index (κ1) is 29.7. The van der Waals surface area contributed by atoms with Crippen LogP contribution in [0, 0.1) is 0 Å². The minimum Gasteiger partial charge on any atom is -0.455 e. The molecule has 1 N–H and O–H groups in total. The van der Waals surface area contributed by atoms with Gasteiger partial charge in [0.25, 0.3) is 0 Å². The van der Waals surface area contributed by atoms with Crippen LogP contribution in [0.3, 0.4) is 0 Å².